The van der Waals surface area contributed by atoms with Crippen molar-refractivity contribution in [2.24, 2.45) is 0 Å². The van der Waals surface area contributed by atoms with Crippen molar-refractivity contribution in [2.45, 2.75) is 12.5 Å². The summed E-state index contributed by atoms with van der Waals surface area (Å²) in [5.74, 6) is -0.240. The van der Waals surface area contributed by atoms with Gasteiger partial charge in [0.2, 0.25) is 0 Å². The van der Waals surface area contributed by atoms with Crippen LogP contribution in [-0.4, -0.2) is 36.8 Å². The lowest BCUT2D eigenvalue weighted by Gasteiger charge is -2.15. The Hall–Kier alpha value is -0.930. The molecule has 1 aromatic rings. The average Bonchev–Trinajstić information content (AvgIpc) is 2.07. The molecule has 0 spiro atoms. The van der Waals surface area contributed by atoms with Crippen molar-refractivity contribution in [3.05, 3.63) is 35.6 Å². The zero-order chi connectivity index (χ0) is 10.6. The van der Waals surface area contributed by atoms with Gasteiger partial charge in [-0.3, -0.25) is 0 Å². The predicted octanol–water partition coefficient (Wildman–Crippen LogP) is 1.29. The van der Waals surface area contributed by atoms with Gasteiger partial charge in [-0.15, -0.1) is 0 Å². The summed E-state index contributed by atoms with van der Waals surface area (Å²) in [5, 5.41) is 9.61. The zero-order valence-corrected chi connectivity index (χ0v) is 8.57. The molecule has 1 N–H and O–H groups in total. The highest BCUT2D eigenvalue weighted by molar-refractivity contribution is 5.16. The Labute approximate surface area is 84.0 Å². The van der Waals surface area contributed by atoms with Gasteiger partial charge in [-0.05, 0) is 38.2 Å². The van der Waals surface area contributed by atoms with E-state index >= 15 is 0 Å². The van der Waals surface area contributed by atoms with Crippen molar-refractivity contribution in [3.8, 4) is 0 Å². The van der Waals surface area contributed by atoms with E-state index in [1.165, 1.54) is 12.1 Å². The van der Waals surface area contributed by atoms with Crippen LogP contribution in [0.4, 0.5) is 4.39 Å². The number of likely N-dealkylation sites (N-methyl/N-ethyl adjacent to an activating group) is 1. The van der Waals surface area contributed by atoms with E-state index in [0.717, 1.165) is 5.56 Å². The second kappa shape index (κ2) is 5.08. The summed E-state index contributed by atoms with van der Waals surface area (Å²) in [5.41, 5.74) is 0.959. The van der Waals surface area contributed by atoms with E-state index in [1.54, 1.807) is 12.1 Å². The van der Waals surface area contributed by atoms with E-state index in [-0.39, 0.29) is 5.82 Å². The van der Waals surface area contributed by atoms with E-state index in [4.69, 9.17) is 0 Å². The van der Waals surface area contributed by atoms with Gasteiger partial charge < -0.3 is 10.0 Å². The highest BCUT2D eigenvalue weighted by Gasteiger charge is 2.06. The first-order valence-electron chi connectivity index (χ1n) is 4.65. The Morgan fingerprint density at radius 1 is 1.29 bits per heavy atom. The SMILES string of the molecule is CN(C)CC(O)Cc1ccc(F)cc1. The molecule has 1 unspecified atom stereocenters. The van der Waals surface area contributed by atoms with Gasteiger partial charge in [0.15, 0.2) is 0 Å². The molecule has 0 bridgehead atoms. The molecular weight excluding hydrogens is 181 g/mol. The van der Waals surface area contributed by atoms with E-state index in [2.05, 4.69) is 0 Å². The Balaban J connectivity index is 2.47. The molecule has 1 aromatic carbocycles. The zero-order valence-electron chi connectivity index (χ0n) is 8.57. The molecular formula is C11H16FNO. The summed E-state index contributed by atoms with van der Waals surface area (Å²) in [4.78, 5) is 1.92. The quantitative estimate of drug-likeness (QED) is 0.786. The Bertz CT molecular complexity index is 271. The van der Waals surface area contributed by atoms with Crippen molar-refractivity contribution in [1.29, 1.82) is 0 Å². The fourth-order valence-corrected chi connectivity index (χ4v) is 1.38. The van der Waals surface area contributed by atoms with Gasteiger partial charge >= 0.3 is 0 Å². The van der Waals surface area contributed by atoms with Crippen LogP contribution >= 0.6 is 0 Å². The first kappa shape index (κ1) is 11.1. The molecule has 0 aromatic heterocycles. The molecule has 3 heteroatoms. The van der Waals surface area contributed by atoms with Gasteiger partial charge in [-0.2, -0.15) is 0 Å². The minimum Gasteiger partial charge on any atom is -0.391 e. The summed E-state index contributed by atoms with van der Waals surface area (Å²) in [7, 11) is 3.82. The maximum atomic E-state index is 12.6. The molecule has 0 fully saturated rings. The van der Waals surface area contributed by atoms with Crippen molar-refractivity contribution < 1.29 is 9.50 Å². The molecule has 0 amide bonds. The molecule has 1 rings (SSSR count). The second-order valence-corrected chi connectivity index (χ2v) is 3.75. The van der Waals surface area contributed by atoms with Crippen molar-refractivity contribution in [2.75, 3.05) is 20.6 Å². The fraction of sp³-hybridized carbons (Fsp3) is 0.455. The molecule has 0 heterocycles. The van der Waals surface area contributed by atoms with Gasteiger partial charge in [-0.1, -0.05) is 12.1 Å². The summed E-state index contributed by atoms with van der Waals surface area (Å²) < 4.78 is 12.6. The van der Waals surface area contributed by atoms with Gasteiger partial charge in [0.1, 0.15) is 5.82 Å². The van der Waals surface area contributed by atoms with Crippen molar-refractivity contribution in [1.82, 2.24) is 4.90 Å². The number of halogens is 1. The molecule has 78 valence electrons. The van der Waals surface area contributed by atoms with Crippen LogP contribution in [0.3, 0.4) is 0 Å². The topological polar surface area (TPSA) is 23.5 Å². The molecule has 1 atom stereocenters. The number of aliphatic hydroxyl groups is 1. The smallest absolute Gasteiger partial charge is 0.123 e. The van der Waals surface area contributed by atoms with Crippen LogP contribution in [0.5, 0.6) is 0 Å². The van der Waals surface area contributed by atoms with Crippen LogP contribution in [0.25, 0.3) is 0 Å². The van der Waals surface area contributed by atoms with E-state index in [1.807, 2.05) is 19.0 Å². The highest BCUT2D eigenvalue weighted by atomic mass is 19.1. The lowest BCUT2D eigenvalue weighted by Crippen LogP contribution is -2.27. The molecule has 2 nitrogen and oxygen atoms in total. The first-order valence-corrected chi connectivity index (χ1v) is 4.65. The fourth-order valence-electron chi connectivity index (χ4n) is 1.38. The molecule has 0 aliphatic rings. The monoisotopic (exact) mass is 197 g/mol. The van der Waals surface area contributed by atoms with Gasteiger partial charge in [0.05, 0.1) is 6.10 Å². The maximum absolute atomic E-state index is 12.6. The summed E-state index contributed by atoms with van der Waals surface area (Å²) in [6.07, 6.45) is 0.175. The lowest BCUT2D eigenvalue weighted by atomic mass is 10.1. The summed E-state index contributed by atoms with van der Waals surface area (Å²) >= 11 is 0. The van der Waals surface area contributed by atoms with Crippen LogP contribution < -0.4 is 0 Å². The number of hydrogen-bond acceptors (Lipinski definition) is 2. The van der Waals surface area contributed by atoms with Crippen LogP contribution in [0.1, 0.15) is 5.56 Å². The van der Waals surface area contributed by atoms with Crippen LogP contribution in [0.2, 0.25) is 0 Å². The Morgan fingerprint density at radius 3 is 2.36 bits per heavy atom. The van der Waals surface area contributed by atoms with E-state index in [0.29, 0.717) is 13.0 Å². The van der Waals surface area contributed by atoms with Crippen LogP contribution in [-0.2, 0) is 6.42 Å². The molecule has 0 saturated heterocycles. The summed E-state index contributed by atoms with van der Waals surface area (Å²) in [6, 6.07) is 6.23. The van der Waals surface area contributed by atoms with E-state index < -0.39 is 6.10 Å². The molecule has 0 aliphatic carbocycles. The Kier molecular flexibility index (Phi) is 4.04. The highest BCUT2D eigenvalue weighted by Crippen LogP contribution is 2.06. The number of nitrogens with zero attached hydrogens (tertiary/aromatic N) is 1. The predicted molar refractivity (Wildman–Crippen MR) is 54.7 cm³/mol. The van der Waals surface area contributed by atoms with Crippen LogP contribution in [0.15, 0.2) is 24.3 Å². The maximum Gasteiger partial charge on any atom is 0.123 e. The third-order valence-electron chi connectivity index (χ3n) is 1.96. The number of aliphatic hydroxyl groups excluding tert-OH is 1. The van der Waals surface area contributed by atoms with Crippen molar-refractivity contribution >= 4 is 0 Å². The largest absolute Gasteiger partial charge is 0.391 e. The van der Waals surface area contributed by atoms with Gasteiger partial charge in [0.25, 0.3) is 0 Å². The standard InChI is InChI=1S/C11H16FNO/c1-13(2)8-11(14)7-9-3-5-10(12)6-4-9/h3-6,11,14H,7-8H2,1-2H3. The summed E-state index contributed by atoms with van der Waals surface area (Å²) in [6.45, 7) is 0.622. The Morgan fingerprint density at radius 2 is 1.86 bits per heavy atom. The van der Waals surface area contributed by atoms with Gasteiger partial charge in [-0.25, -0.2) is 4.39 Å². The average molecular weight is 197 g/mol. The molecule has 0 radical (unpaired) electrons. The van der Waals surface area contributed by atoms with E-state index in [9.17, 15) is 9.50 Å². The minimum atomic E-state index is -0.393. The minimum absolute atomic E-state index is 0.240. The van der Waals surface area contributed by atoms with Gasteiger partial charge in [0, 0.05) is 6.54 Å². The normalized spacial score (nSPS) is 13.2. The number of benzene rings is 1. The first-order chi connectivity index (χ1) is 6.58. The van der Waals surface area contributed by atoms with Crippen molar-refractivity contribution in [3.63, 3.8) is 0 Å². The lowest BCUT2D eigenvalue weighted by molar-refractivity contribution is 0.137. The third kappa shape index (κ3) is 3.85. The molecule has 0 aliphatic heterocycles. The number of hydrogen-bond donors (Lipinski definition) is 1. The number of rotatable bonds is 4. The second-order valence-electron chi connectivity index (χ2n) is 3.75. The third-order valence-corrected chi connectivity index (χ3v) is 1.96. The van der Waals surface area contributed by atoms with Crippen LogP contribution in [0, 0.1) is 5.82 Å². The molecule has 14 heavy (non-hydrogen) atoms. The molecule has 0 saturated carbocycles.